The summed E-state index contributed by atoms with van der Waals surface area (Å²) in [5, 5.41) is 4.49. The molecule has 10 heteroatoms. The molecule has 0 saturated heterocycles. The van der Waals surface area contributed by atoms with Crippen LogP contribution in [0.4, 0.5) is 5.69 Å². The lowest BCUT2D eigenvalue weighted by Crippen LogP contribution is -2.41. The maximum atomic E-state index is 13.3. The molecule has 9 nitrogen and oxygen atoms in total. The van der Waals surface area contributed by atoms with Crippen molar-refractivity contribution in [2.45, 2.75) is 13.1 Å². The smallest absolute Gasteiger partial charge is 0.332 e. The summed E-state index contributed by atoms with van der Waals surface area (Å²) in [6, 6.07) is 13.8. The van der Waals surface area contributed by atoms with E-state index < -0.39 is 11.6 Å². The van der Waals surface area contributed by atoms with E-state index >= 15 is 0 Å². The third kappa shape index (κ3) is 4.53. The maximum absolute atomic E-state index is 13.3. The topological polar surface area (TPSA) is 101 Å². The number of nitrogens with zero attached hydrogens (tertiary/aromatic N) is 2. The zero-order chi connectivity index (χ0) is 24.2. The first-order chi connectivity index (χ1) is 16.4. The molecule has 0 atom stereocenters. The van der Waals surface area contributed by atoms with Crippen LogP contribution in [0.25, 0.3) is 10.2 Å². The van der Waals surface area contributed by atoms with Gasteiger partial charge in [0.05, 0.1) is 39.1 Å². The Balaban J connectivity index is 1.67. The number of carbonyl (C=O) groups excluding carboxylic acids is 1. The maximum Gasteiger partial charge on any atom is 0.332 e. The molecule has 0 unspecified atom stereocenters. The van der Waals surface area contributed by atoms with Gasteiger partial charge >= 0.3 is 5.69 Å². The summed E-state index contributed by atoms with van der Waals surface area (Å²) >= 11 is 1.23. The fourth-order valence-corrected chi connectivity index (χ4v) is 4.42. The Bertz CT molecular complexity index is 1450. The second kappa shape index (κ2) is 9.84. The van der Waals surface area contributed by atoms with Gasteiger partial charge in [0.15, 0.2) is 0 Å². The summed E-state index contributed by atoms with van der Waals surface area (Å²) in [5.41, 5.74) is 0.662. The lowest BCUT2D eigenvalue weighted by atomic mass is 10.2. The number of carbonyl (C=O) groups is 1. The number of fused-ring (bicyclic) bond motifs is 1. The van der Waals surface area contributed by atoms with Crippen LogP contribution >= 0.6 is 11.3 Å². The molecule has 0 aliphatic rings. The Morgan fingerprint density at radius 3 is 2.29 bits per heavy atom. The fourth-order valence-electron chi connectivity index (χ4n) is 3.57. The van der Waals surface area contributed by atoms with Crippen molar-refractivity contribution in [3.8, 4) is 17.2 Å². The zero-order valence-electron chi connectivity index (χ0n) is 18.9. The van der Waals surface area contributed by atoms with Gasteiger partial charge in [-0.3, -0.25) is 18.7 Å². The highest BCUT2D eigenvalue weighted by molar-refractivity contribution is 7.17. The molecule has 0 aliphatic carbocycles. The van der Waals surface area contributed by atoms with Crippen LogP contribution in [0.1, 0.15) is 5.56 Å². The van der Waals surface area contributed by atoms with Crippen molar-refractivity contribution in [2.75, 3.05) is 26.6 Å². The average Bonchev–Trinajstić information content (AvgIpc) is 3.35. The van der Waals surface area contributed by atoms with Crippen molar-refractivity contribution in [1.29, 1.82) is 0 Å². The third-order valence-corrected chi connectivity index (χ3v) is 6.21. The van der Waals surface area contributed by atoms with Gasteiger partial charge in [-0.2, -0.15) is 0 Å². The van der Waals surface area contributed by atoms with Crippen LogP contribution in [-0.2, 0) is 17.9 Å². The van der Waals surface area contributed by atoms with Crippen molar-refractivity contribution < 1.29 is 19.0 Å². The van der Waals surface area contributed by atoms with E-state index in [-0.39, 0.29) is 18.6 Å². The Labute approximate surface area is 198 Å². The van der Waals surface area contributed by atoms with Gasteiger partial charge < -0.3 is 19.5 Å². The molecule has 0 aliphatic heterocycles. The standard InChI is InChI=1S/C24H23N3O6S/c1-31-16-6-4-15(5-7-16)13-27-23(29)22-19(10-11-34-22)26(24(27)30)14-21(28)25-18-9-8-17(32-2)12-20(18)33-3/h4-12H,13-14H2,1-3H3,(H,25,28). The molecule has 0 spiro atoms. The minimum Gasteiger partial charge on any atom is -0.497 e. The van der Waals surface area contributed by atoms with Crippen molar-refractivity contribution in [3.05, 3.63) is 80.3 Å². The number of amides is 1. The van der Waals surface area contributed by atoms with E-state index in [9.17, 15) is 14.4 Å². The lowest BCUT2D eigenvalue weighted by molar-refractivity contribution is -0.116. The number of ether oxygens (including phenoxy) is 3. The summed E-state index contributed by atoms with van der Waals surface area (Å²) in [6.07, 6.45) is 0. The number of benzene rings is 2. The summed E-state index contributed by atoms with van der Waals surface area (Å²) in [6.45, 7) is -0.201. The molecule has 1 N–H and O–H groups in total. The van der Waals surface area contributed by atoms with Gasteiger partial charge in [-0.05, 0) is 41.3 Å². The number of hydrogen-bond donors (Lipinski definition) is 1. The molecular weight excluding hydrogens is 458 g/mol. The largest absolute Gasteiger partial charge is 0.497 e. The molecule has 1 amide bonds. The van der Waals surface area contributed by atoms with E-state index in [1.807, 2.05) is 0 Å². The van der Waals surface area contributed by atoms with E-state index in [0.717, 1.165) is 10.1 Å². The van der Waals surface area contributed by atoms with E-state index in [0.29, 0.717) is 33.2 Å². The van der Waals surface area contributed by atoms with Crippen molar-refractivity contribution in [1.82, 2.24) is 9.13 Å². The number of rotatable bonds is 8. The van der Waals surface area contributed by atoms with E-state index in [2.05, 4.69) is 5.32 Å². The SMILES string of the molecule is COc1ccc(Cn2c(=O)c3sccc3n(CC(=O)Nc3ccc(OC)cc3OC)c2=O)cc1. The van der Waals surface area contributed by atoms with Crippen LogP contribution in [-0.4, -0.2) is 36.4 Å². The predicted octanol–water partition coefficient (Wildman–Crippen LogP) is 2.94. The molecule has 176 valence electrons. The van der Waals surface area contributed by atoms with Gasteiger partial charge in [-0.15, -0.1) is 11.3 Å². The zero-order valence-corrected chi connectivity index (χ0v) is 19.7. The minimum atomic E-state index is -0.566. The van der Waals surface area contributed by atoms with Crippen molar-refractivity contribution in [3.63, 3.8) is 0 Å². The second-order valence-corrected chi connectivity index (χ2v) is 8.27. The highest BCUT2D eigenvalue weighted by atomic mass is 32.1. The summed E-state index contributed by atoms with van der Waals surface area (Å²) in [5.74, 6) is 1.24. The predicted molar refractivity (Wildman–Crippen MR) is 131 cm³/mol. The molecular formula is C24H23N3O6S. The van der Waals surface area contributed by atoms with Gasteiger partial charge in [0.1, 0.15) is 28.5 Å². The molecule has 34 heavy (non-hydrogen) atoms. The molecule has 0 fully saturated rings. The number of aromatic nitrogens is 2. The summed E-state index contributed by atoms with van der Waals surface area (Å²) in [4.78, 5) is 39.2. The number of thiophene rings is 1. The molecule has 0 radical (unpaired) electrons. The highest BCUT2D eigenvalue weighted by Gasteiger charge is 2.18. The molecule has 0 bridgehead atoms. The monoisotopic (exact) mass is 481 g/mol. The third-order valence-electron chi connectivity index (χ3n) is 5.32. The van der Waals surface area contributed by atoms with Crippen LogP contribution < -0.4 is 30.8 Å². The Morgan fingerprint density at radius 1 is 0.912 bits per heavy atom. The molecule has 4 aromatic rings. The Kier molecular flexibility index (Phi) is 6.69. The fraction of sp³-hybridized carbons (Fsp3) is 0.208. The van der Waals surface area contributed by atoms with Crippen LogP contribution in [0.3, 0.4) is 0 Å². The van der Waals surface area contributed by atoms with E-state index in [1.54, 1.807) is 61.0 Å². The first-order valence-corrected chi connectivity index (χ1v) is 11.2. The highest BCUT2D eigenvalue weighted by Crippen LogP contribution is 2.29. The van der Waals surface area contributed by atoms with Crippen LogP contribution in [0, 0.1) is 0 Å². The molecule has 2 aromatic carbocycles. The lowest BCUT2D eigenvalue weighted by Gasteiger charge is -2.14. The quantitative estimate of drug-likeness (QED) is 0.415. The Hall–Kier alpha value is -4.05. The van der Waals surface area contributed by atoms with Crippen LogP contribution in [0.15, 0.2) is 63.5 Å². The molecule has 2 heterocycles. The minimum absolute atomic E-state index is 0.0728. The normalized spacial score (nSPS) is 10.8. The van der Waals surface area contributed by atoms with Crippen molar-refractivity contribution >= 4 is 33.1 Å². The van der Waals surface area contributed by atoms with Gasteiger partial charge in [0, 0.05) is 6.07 Å². The second-order valence-electron chi connectivity index (χ2n) is 7.36. The molecule has 2 aromatic heterocycles. The Morgan fingerprint density at radius 2 is 1.62 bits per heavy atom. The first-order valence-electron chi connectivity index (χ1n) is 10.3. The number of hydrogen-bond acceptors (Lipinski definition) is 7. The number of methoxy groups -OCH3 is 3. The van der Waals surface area contributed by atoms with Crippen LogP contribution in [0.5, 0.6) is 17.2 Å². The van der Waals surface area contributed by atoms with Crippen LogP contribution in [0.2, 0.25) is 0 Å². The number of anilines is 1. The van der Waals surface area contributed by atoms with Crippen molar-refractivity contribution in [2.24, 2.45) is 0 Å². The van der Waals surface area contributed by atoms with E-state index in [4.69, 9.17) is 14.2 Å². The summed E-state index contributed by atoms with van der Waals surface area (Å²) < 4.78 is 18.5. The van der Waals surface area contributed by atoms with Gasteiger partial charge in [0.25, 0.3) is 5.56 Å². The molecule has 4 rings (SSSR count). The summed E-state index contributed by atoms with van der Waals surface area (Å²) in [7, 11) is 4.58. The van der Waals surface area contributed by atoms with E-state index in [1.165, 1.54) is 30.1 Å². The van der Waals surface area contributed by atoms with Gasteiger partial charge in [0.2, 0.25) is 5.91 Å². The van der Waals surface area contributed by atoms with Gasteiger partial charge in [-0.25, -0.2) is 4.79 Å². The average molecular weight is 482 g/mol. The molecule has 0 saturated carbocycles. The first kappa shape index (κ1) is 23.1. The number of nitrogens with one attached hydrogen (secondary N) is 1. The van der Waals surface area contributed by atoms with Gasteiger partial charge in [-0.1, -0.05) is 12.1 Å².